The summed E-state index contributed by atoms with van der Waals surface area (Å²) in [6.07, 6.45) is 2.23. The van der Waals surface area contributed by atoms with Crippen LogP contribution in [0.2, 0.25) is 5.02 Å². The molecule has 0 fully saturated rings. The van der Waals surface area contributed by atoms with Gasteiger partial charge in [-0.1, -0.05) is 41.9 Å². The molecule has 6 nitrogen and oxygen atoms in total. The fourth-order valence-electron chi connectivity index (χ4n) is 3.76. The van der Waals surface area contributed by atoms with E-state index >= 15 is 0 Å². The molecule has 176 valence electrons. The molecular weight excluding hydrogens is 520 g/mol. The highest BCUT2D eigenvalue weighted by molar-refractivity contribution is 9.10. The molecule has 0 bridgehead atoms. The van der Waals surface area contributed by atoms with Gasteiger partial charge < -0.3 is 24.9 Å². The molecule has 0 aliphatic carbocycles. The second kappa shape index (κ2) is 11.0. The maximum Gasteiger partial charge on any atom is 0.321 e. The van der Waals surface area contributed by atoms with Crippen molar-refractivity contribution in [1.82, 2.24) is 10.3 Å². The van der Waals surface area contributed by atoms with Crippen LogP contribution >= 0.6 is 27.5 Å². The van der Waals surface area contributed by atoms with E-state index in [0.717, 1.165) is 32.1 Å². The lowest BCUT2D eigenvalue weighted by molar-refractivity contribution is -0.139. The van der Waals surface area contributed by atoms with Gasteiger partial charge >= 0.3 is 5.97 Å². The number of halogens is 2. The van der Waals surface area contributed by atoms with Crippen molar-refractivity contribution in [2.75, 3.05) is 7.11 Å². The molecule has 1 atom stereocenters. The van der Waals surface area contributed by atoms with Gasteiger partial charge in [-0.2, -0.15) is 0 Å². The van der Waals surface area contributed by atoms with E-state index in [0.29, 0.717) is 36.1 Å². The summed E-state index contributed by atoms with van der Waals surface area (Å²) in [6, 6.07) is 18.3. The van der Waals surface area contributed by atoms with E-state index in [1.165, 1.54) is 0 Å². The number of carboxylic acid groups (broad SMARTS) is 1. The Morgan fingerprint density at radius 3 is 2.65 bits per heavy atom. The van der Waals surface area contributed by atoms with Crippen LogP contribution < -0.4 is 14.8 Å². The lowest BCUT2D eigenvalue weighted by atomic mass is 10.0. The number of aromatic nitrogens is 1. The summed E-state index contributed by atoms with van der Waals surface area (Å²) >= 11 is 9.50. The van der Waals surface area contributed by atoms with Gasteiger partial charge in [0.15, 0.2) is 11.5 Å². The van der Waals surface area contributed by atoms with Crippen LogP contribution in [0.5, 0.6) is 11.5 Å². The van der Waals surface area contributed by atoms with Gasteiger partial charge in [0.05, 0.1) is 11.6 Å². The van der Waals surface area contributed by atoms with Crippen LogP contribution in [0, 0.1) is 0 Å². The molecule has 34 heavy (non-hydrogen) atoms. The van der Waals surface area contributed by atoms with Crippen molar-refractivity contribution in [2.45, 2.75) is 25.6 Å². The lowest BCUT2D eigenvalue weighted by Gasteiger charge is -2.17. The molecule has 4 rings (SSSR count). The number of hydrogen-bond acceptors (Lipinski definition) is 4. The summed E-state index contributed by atoms with van der Waals surface area (Å²) in [6.45, 7) is 0.710. The minimum Gasteiger partial charge on any atom is -0.493 e. The van der Waals surface area contributed by atoms with Crippen molar-refractivity contribution in [2.24, 2.45) is 0 Å². The molecule has 0 saturated heterocycles. The van der Waals surface area contributed by atoms with Crippen molar-refractivity contribution in [3.8, 4) is 11.5 Å². The number of carbonyl (C=O) groups is 1. The topological polar surface area (TPSA) is 83.6 Å². The molecule has 3 N–H and O–H groups in total. The third kappa shape index (κ3) is 5.73. The van der Waals surface area contributed by atoms with Gasteiger partial charge in [-0.25, -0.2) is 0 Å². The maximum atomic E-state index is 11.9. The van der Waals surface area contributed by atoms with E-state index in [4.69, 9.17) is 21.1 Å². The fourth-order valence-corrected chi connectivity index (χ4v) is 4.49. The normalized spacial score (nSPS) is 12.0. The van der Waals surface area contributed by atoms with Crippen LogP contribution in [0.3, 0.4) is 0 Å². The molecule has 1 unspecified atom stereocenters. The average molecular weight is 544 g/mol. The Morgan fingerprint density at radius 2 is 1.91 bits per heavy atom. The van der Waals surface area contributed by atoms with Crippen molar-refractivity contribution < 1.29 is 19.4 Å². The summed E-state index contributed by atoms with van der Waals surface area (Å²) in [7, 11) is 1.57. The quantitative estimate of drug-likeness (QED) is 0.230. The summed E-state index contributed by atoms with van der Waals surface area (Å²) in [5.74, 6) is 0.234. The van der Waals surface area contributed by atoms with E-state index in [1.54, 1.807) is 7.11 Å². The average Bonchev–Trinajstić information content (AvgIpc) is 3.24. The number of aromatic amines is 1. The molecule has 1 heterocycles. The molecule has 0 saturated carbocycles. The summed E-state index contributed by atoms with van der Waals surface area (Å²) in [4.78, 5) is 15.1. The SMILES string of the molecule is COc1cc(CNC(Cc2c[nH]c3ccccc23)C(=O)O)cc(Br)c1OCc1ccc(Cl)cc1. The highest BCUT2D eigenvalue weighted by Gasteiger charge is 2.20. The van der Waals surface area contributed by atoms with Gasteiger partial charge in [0.1, 0.15) is 12.6 Å². The van der Waals surface area contributed by atoms with Gasteiger partial charge in [-0.3, -0.25) is 4.79 Å². The number of benzene rings is 3. The van der Waals surface area contributed by atoms with Crippen molar-refractivity contribution in [3.63, 3.8) is 0 Å². The highest BCUT2D eigenvalue weighted by atomic mass is 79.9. The lowest BCUT2D eigenvalue weighted by Crippen LogP contribution is -2.38. The number of nitrogens with one attached hydrogen (secondary N) is 2. The number of para-hydroxylation sites is 1. The zero-order valence-corrected chi connectivity index (χ0v) is 20.8. The summed E-state index contributed by atoms with van der Waals surface area (Å²) in [5, 5.41) is 14.6. The van der Waals surface area contributed by atoms with Crippen LogP contribution in [0.15, 0.2) is 71.3 Å². The van der Waals surface area contributed by atoms with Gasteiger partial charge in [0, 0.05) is 35.1 Å². The minimum absolute atomic E-state index is 0.353. The molecule has 0 aliphatic heterocycles. The molecular formula is C26H24BrClN2O4. The van der Waals surface area contributed by atoms with Crippen LogP contribution in [-0.2, 0) is 24.4 Å². The summed E-state index contributed by atoms with van der Waals surface area (Å²) in [5.41, 5.74) is 3.79. The number of aliphatic carboxylic acids is 1. The van der Waals surface area contributed by atoms with E-state index < -0.39 is 12.0 Å². The second-order valence-corrected chi connectivity index (χ2v) is 9.15. The maximum absolute atomic E-state index is 11.9. The predicted molar refractivity (Wildman–Crippen MR) is 137 cm³/mol. The summed E-state index contributed by atoms with van der Waals surface area (Å²) < 4.78 is 12.2. The monoisotopic (exact) mass is 542 g/mol. The minimum atomic E-state index is -0.903. The number of H-pyrrole nitrogens is 1. The molecule has 4 aromatic rings. The smallest absolute Gasteiger partial charge is 0.321 e. The van der Waals surface area contributed by atoms with Gasteiger partial charge in [0.2, 0.25) is 0 Å². The first kappa shape index (κ1) is 24.1. The molecule has 0 aliphatic rings. The second-order valence-electron chi connectivity index (χ2n) is 7.86. The van der Waals surface area contributed by atoms with E-state index in [1.807, 2.05) is 66.9 Å². The first-order valence-corrected chi connectivity index (χ1v) is 11.9. The molecule has 0 spiro atoms. The molecule has 3 aromatic carbocycles. The van der Waals surface area contributed by atoms with E-state index in [2.05, 4.69) is 26.2 Å². The number of carboxylic acids is 1. The van der Waals surface area contributed by atoms with Crippen molar-refractivity contribution in [3.05, 3.63) is 93.0 Å². The van der Waals surface area contributed by atoms with Crippen LogP contribution in [-0.4, -0.2) is 29.2 Å². The van der Waals surface area contributed by atoms with Crippen LogP contribution in [0.25, 0.3) is 10.9 Å². The first-order valence-electron chi connectivity index (χ1n) is 10.7. The Bertz CT molecular complexity index is 1290. The molecule has 8 heteroatoms. The third-order valence-electron chi connectivity index (χ3n) is 5.54. The van der Waals surface area contributed by atoms with Gasteiger partial charge in [-0.05, 0) is 63.0 Å². The van der Waals surface area contributed by atoms with E-state index in [9.17, 15) is 9.90 Å². The zero-order valence-electron chi connectivity index (χ0n) is 18.5. The Labute approximate surface area is 211 Å². The Morgan fingerprint density at radius 1 is 1.15 bits per heavy atom. The van der Waals surface area contributed by atoms with Gasteiger partial charge in [0.25, 0.3) is 0 Å². The Balaban J connectivity index is 1.45. The Kier molecular flexibility index (Phi) is 7.77. The standard InChI is InChI=1S/C26H24BrClN2O4/c1-33-24-11-17(10-21(27)25(24)34-15-16-6-8-19(28)9-7-16)13-29-23(26(31)32)12-18-14-30-22-5-3-2-4-20(18)22/h2-11,14,23,29-30H,12-13,15H2,1H3,(H,31,32). The third-order valence-corrected chi connectivity index (χ3v) is 6.38. The predicted octanol–water partition coefficient (Wildman–Crippen LogP) is 5.96. The van der Waals surface area contributed by atoms with Crippen molar-refractivity contribution >= 4 is 44.4 Å². The van der Waals surface area contributed by atoms with E-state index in [-0.39, 0.29) is 0 Å². The zero-order chi connectivity index (χ0) is 24.1. The first-order chi connectivity index (χ1) is 16.4. The fraction of sp³-hybridized carbons (Fsp3) is 0.192. The Hall–Kier alpha value is -3.00. The largest absolute Gasteiger partial charge is 0.493 e. The molecule has 0 radical (unpaired) electrons. The number of fused-ring (bicyclic) bond motifs is 1. The number of hydrogen-bond donors (Lipinski definition) is 3. The molecule has 0 amide bonds. The number of methoxy groups -OCH3 is 1. The van der Waals surface area contributed by atoms with Crippen LogP contribution in [0.1, 0.15) is 16.7 Å². The number of rotatable bonds is 10. The van der Waals surface area contributed by atoms with Gasteiger partial charge in [-0.15, -0.1) is 0 Å². The molecule has 1 aromatic heterocycles. The van der Waals surface area contributed by atoms with Crippen LogP contribution in [0.4, 0.5) is 0 Å². The highest BCUT2D eigenvalue weighted by Crippen LogP contribution is 2.37. The van der Waals surface area contributed by atoms with Crippen molar-refractivity contribution in [1.29, 1.82) is 0 Å². The number of ether oxygens (including phenoxy) is 2.